The summed E-state index contributed by atoms with van der Waals surface area (Å²) in [6.07, 6.45) is 7.24. The van der Waals surface area contributed by atoms with Crippen molar-refractivity contribution in [3.63, 3.8) is 0 Å². The van der Waals surface area contributed by atoms with Gasteiger partial charge in [0.05, 0.1) is 6.26 Å². The quantitative estimate of drug-likeness (QED) is 0.369. The van der Waals surface area contributed by atoms with Crippen LogP contribution < -0.4 is 16.8 Å². The van der Waals surface area contributed by atoms with E-state index in [1.54, 1.807) is 17.2 Å². The number of anilines is 1. The molecule has 0 unspecified atom stereocenters. The van der Waals surface area contributed by atoms with E-state index < -0.39 is 0 Å². The SMILES string of the molecule is N=C(N)N1CC=C(c2ccc(NC(=O)c3cc(C4=CCN(C(=N)N)CC4)co3)cc2)CC1. The lowest BCUT2D eigenvalue weighted by atomic mass is 9.99. The number of nitrogens with one attached hydrogen (secondary N) is 3. The molecule has 9 nitrogen and oxygen atoms in total. The number of carbonyl (C=O) groups is 1. The fraction of sp³-hybridized carbons (Fsp3) is 0.261. The highest BCUT2D eigenvalue weighted by Gasteiger charge is 2.18. The molecule has 2 aromatic rings. The number of furan rings is 1. The lowest BCUT2D eigenvalue weighted by Gasteiger charge is -2.26. The number of benzene rings is 1. The highest BCUT2D eigenvalue weighted by atomic mass is 16.3. The van der Waals surface area contributed by atoms with E-state index in [2.05, 4.69) is 11.4 Å². The minimum atomic E-state index is -0.306. The Bertz CT molecular complexity index is 1100. The highest BCUT2D eigenvalue weighted by molar-refractivity contribution is 6.02. The number of nitrogens with two attached hydrogens (primary N) is 2. The van der Waals surface area contributed by atoms with E-state index in [1.165, 1.54) is 5.57 Å². The molecule has 0 bridgehead atoms. The molecule has 0 spiro atoms. The van der Waals surface area contributed by atoms with E-state index in [-0.39, 0.29) is 23.6 Å². The third-order valence-corrected chi connectivity index (χ3v) is 5.81. The summed E-state index contributed by atoms with van der Waals surface area (Å²) in [5.41, 5.74) is 16.0. The molecular formula is C23H27N7O2. The zero-order valence-electron chi connectivity index (χ0n) is 17.7. The highest BCUT2D eigenvalue weighted by Crippen LogP contribution is 2.26. The molecule has 32 heavy (non-hydrogen) atoms. The largest absolute Gasteiger partial charge is 0.459 e. The first-order valence-corrected chi connectivity index (χ1v) is 10.5. The Hall–Kier alpha value is -4.01. The zero-order chi connectivity index (χ0) is 22.7. The van der Waals surface area contributed by atoms with Crippen LogP contribution >= 0.6 is 0 Å². The molecule has 0 radical (unpaired) electrons. The molecule has 0 saturated carbocycles. The first kappa shape index (κ1) is 21.2. The molecular weight excluding hydrogens is 406 g/mol. The van der Waals surface area contributed by atoms with E-state index in [1.807, 2.05) is 35.2 Å². The van der Waals surface area contributed by atoms with Gasteiger partial charge in [-0.05, 0) is 47.8 Å². The predicted molar refractivity (Wildman–Crippen MR) is 125 cm³/mol. The molecule has 166 valence electrons. The fourth-order valence-electron chi connectivity index (χ4n) is 3.88. The van der Waals surface area contributed by atoms with Gasteiger partial charge in [0, 0.05) is 37.4 Å². The van der Waals surface area contributed by atoms with Crippen LogP contribution in [0.1, 0.15) is 34.5 Å². The first-order valence-electron chi connectivity index (χ1n) is 10.5. The number of rotatable bonds is 4. The molecule has 1 aromatic heterocycles. The van der Waals surface area contributed by atoms with Crippen molar-refractivity contribution < 1.29 is 9.21 Å². The molecule has 0 fully saturated rings. The maximum atomic E-state index is 12.6. The summed E-state index contributed by atoms with van der Waals surface area (Å²) < 4.78 is 5.50. The molecule has 9 heteroatoms. The third kappa shape index (κ3) is 4.66. The number of hydrogen-bond donors (Lipinski definition) is 5. The van der Waals surface area contributed by atoms with E-state index in [4.69, 9.17) is 26.7 Å². The molecule has 4 rings (SSSR count). The maximum Gasteiger partial charge on any atom is 0.291 e. The molecule has 2 aliphatic heterocycles. The molecule has 0 atom stereocenters. The minimum Gasteiger partial charge on any atom is -0.459 e. The van der Waals surface area contributed by atoms with Gasteiger partial charge in [-0.15, -0.1) is 0 Å². The van der Waals surface area contributed by atoms with Gasteiger partial charge in [-0.1, -0.05) is 24.3 Å². The summed E-state index contributed by atoms with van der Waals surface area (Å²) in [6.45, 7) is 2.60. The fourth-order valence-corrected chi connectivity index (χ4v) is 3.88. The first-order chi connectivity index (χ1) is 15.4. The summed E-state index contributed by atoms with van der Waals surface area (Å²) in [4.78, 5) is 16.2. The van der Waals surface area contributed by atoms with Crippen LogP contribution in [0.2, 0.25) is 0 Å². The van der Waals surface area contributed by atoms with Crippen molar-refractivity contribution in [2.75, 3.05) is 31.5 Å². The normalized spacial score (nSPS) is 16.2. The third-order valence-electron chi connectivity index (χ3n) is 5.81. The van der Waals surface area contributed by atoms with Crippen LogP contribution in [0.5, 0.6) is 0 Å². The van der Waals surface area contributed by atoms with Crippen molar-refractivity contribution in [3.05, 3.63) is 65.6 Å². The van der Waals surface area contributed by atoms with Crippen LogP contribution in [0.3, 0.4) is 0 Å². The summed E-state index contributed by atoms with van der Waals surface area (Å²) in [5.74, 6) is 0.103. The number of carbonyl (C=O) groups excluding carboxylic acids is 1. The van der Waals surface area contributed by atoms with Crippen LogP contribution in [0.4, 0.5) is 5.69 Å². The zero-order valence-corrected chi connectivity index (χ0v) is 17.7. The second kappa shape index (κ2) is 9.01. The smallest absolute Gasteiger partial charge is 0.291 e. The van der Waals surface area contributed by atoms with Gasteiger partial charge >= 0.3 is 0 Å². The summed E-state index contributed by atoms with van der Waals surface area (Å²) in [7, 11) is 0. The summed E-state index contributed by atoms with van der Waals surface area (Å²) >= 11 is 0. The van der Waals surface area contributed by atoms with Gasteiger partial charge in [-0.3, -0.25) is 15.6 Å². The van der Waals surface area contributed by atoms with Crippen LogP contribution in [0, 0.1) is 10.8 Å². The van der Waals surface area contributed by atoms with Gasteiger partial charge in [0.1, 0.15) is 0 Å². The Balaban J connectivity index is 1.37. The molecule has 0 saturated heterocycles. The van der Waals surface area contributed by atoms with E-state index in [0.717, 1.165) is 36.1 Å². The van der Waals surface area contributed by atoms with Crippen LogP contribution in [-0.4, -0.2) is 53.8 Å². The number of guanidine groups is 2. The predicted octanol–water partition coefficient (Wildman–Crippen LogP) is 2.50. The van der Waals surface area contributed by atoms with Gasteiger partial charge in [0.2, 0.25) is 0 Å². The number of hydrogen-bond acceptors (Lipinski definition) is 4. The minimum absolute atomic E-state index is 0.0661. The molecule has 3 heterocycles. The number of amides is 1. The average Bonchev–Trinajstić information content (AvgIpc) is 3.30. The van der Waals surface area contributed by atoms with Crippen molar-refractivity contribution in [2.24, 2.45) is 11.5 Å². The Morgan fingerprint density at radius 3 is 1.97 bits per heavy atom. The molecule has 0 aliphatic carbocycles. The van der Waals surface area contributed by atoms with Gasteiger partial charge in [-0.25, -0.2) is 0 Å². The van der Waals surface area contributed by atoms with Crippen molar-refractivity contribution >= 4 is 34.7 Å². The summed E-state index contributed by atoms with van der Waals surface area (Å²) in [5, 5.41) is 17.9. The van der Waals surface area contributed by atoms with E-state index in [0.29, 0.717) is 25.3 Å². The van der Waals surface area contributed by atoms with E-state index >= 15 is 0 Å². The van der Waals surface area contributed by atoms with E-state index in [9.17, 15) is 4.79 Å². The monoisotopic (exact) mass is 433 g/mol. The molecule has 7 N–H and O–H groups in total. The Morgan fingerprint density at radius 1 is 0.906 bits per heavy atom. The summed E-state index contributed by atoms with van der Waals surface area (Å²) in [6, 6.07) is 9.44. The molecule has 1 amide bonds. The van der Waals surface area contributed by atoms with Gasteiger partial charge < -0.3 is 31.0 Å². The van der Waals surface area contributed by atoms with Crippen molar-refractivity contribution in [1.29, 1.82) is 10.8 Å². The van der Waals surface area contributed by atoms with Gasteiger partial charge in [0.25, 0.3) is 5.91 Å². The maximum absolute atomic E-state index is 12.6. The lowest BCUT2D eigenvalue weighted by molar-refractivity contribution is 0.0996. The van der Waals surface area contributed by atoms with Crippen LogP contribution in [0.25, 0.3) is 11.1 Å². The Labute approximate surface area is 186 Å². The Morgan fingerprint density at radius 2 is 1.47 bits per heavy atom. The van der Waals surface area contributed by atoms with Crippen molar-refractivity contribution in [2.45, 2.75) is 12.8 Å². The second-order valence-electron chi connectivity index (χ2n) is 7.85. The number of nitrogens with zero attached hydrogens (tertiary/aromatic N) is 2. The molecule has 2 aliphatic rings. The average molecular weight is 434 g/mol. The van der Waals surface area contributed by atoms with Crippen LogP contribution in [-0.2, 0) is 0 Å². The van der Waals surface area contributed by atoms with Crippen molar-refractivity contribution in [1.82, 2.24) is 9.80 Å². The van der Waals surface area contributed by atoms with Gasteiger partial charge in [0.15, 0.2) is 17.7 Å². The lowest BCUT2D eigenvalue weighted by Crippen LogP contribution is -2.39. The van der Waals surface area contributed by atoms with Crippen LogP contribution in [0.15, 0.2) is 53.2 Å². The molecule has 1 aromatic carbocycles. The topological polar surface area (TPSA) is 148 Å². The standard InChI is InChI=1S/C23H27N7O2/c24-22(25)29-9-5-16(6-10-29)15-1-3-19(4-2-15)28-21(31)20-13-18(14-32-20)17-7-11-30(12-8-17)23(26)27/h1-5,7,13-14H,6,8-12H2,(H3,24,25)(H3,26,27)(H,28,31). The Kier molecular flexibility index (Phi) is 5.98. The van der Waals surface area contributed by atoms with Crippen molar-refractivity contribution in [3.8, 4) is 0 Å². The van der Waals surface area contributed by atoms with Gasteiger partial charge in [-0.2, -0.15) is 0 Å². The second-order valence-corrected chi connectivity index (χ2v) is 7.85.